The van der Waals surface area contributed by atoms with Gasteiger partial charge in [-0.05, 0) is 43.1 Å². The van der Waals surface area contributed by atoms with Crippen molar-refractivity contribution in [1.29, 1.82) is 0 Å². The summed E-state index contributed by atoms with van der Waals surface area (Å²) < 4.78 is 9.15. The highest BCUT2D eigenvalue weighted by Crippen LogP contribution is 2.20. The second-order valence-corrected chi connectivity index (χ2v) is 5.42. The van der Waals surface area contributed by atoms with E-state index in [1.807, 2.05) is 0 Å². The van der Waals surface area contributed by atoms with Gasteiger partial charge in [0.05, 0.1) is 30.5 Å². The van der Waals surface area contributed by atoms with Crippen LogP contribution in [0.2, 0.25) is 0 Å². The fourth-order valence-electron chi connectivity index (χ4n) is 1.96. The molecule has 6 heteroatoms. The minimum absolute atomic E-state index is 0.221. The van der Waals surface area contributed by atoms with E-state index in [-0.39, 0.29) is 5.91 Å². The molecule has 0 aliphatic heterocycles. The normalized spacial score (nSPS) is 13.5. The van der Waals surface area contributed by atoms with Crippen LogP contribution < -0.4 is 10.1 Å². The van der Waals surface area contributed by atoms with Gasteiger partial charge in [-0.2, -0.15) is 4.37 Å². The van der Waals surface area contributed by atoms with Crippen molar-refractivity contribution in [3.05, 3.63) is 46.5 Å². The minimum Gasteiger partial charge on any atom is -0.497 e. The first-order valence-electron chi connectivity index (χ1n) is 6.56. The molecule has 5 nitrogen and oxygen atoms in total. The van der Waals surface area contributed by atoms with Crippen LogP contribution in [0.3, 0.4) is 0 Å². The van der Waals surface area contributed by atoms with Gasteiger partial charge in [0.2, 0.25) is 0 Å². The molecule has 2 aromatic rings. The summed E-state index contributed by atoms with van der Waals surface area (Å²) in [6.45, 7) is 3.55. The van der Waals surface area contributed by atoms with Crippen LogP contribution in [0, 0.1) is 6.92 Å². The average molecular weight is 306 g/mol. The van der Waals surface area contributed by atoms with Crippen molar-refractivity contribution in [2.75, 3.05) is 7.11 Å². The Hall–Kier alpha value is -1.92. The third-order valence-corrected chi connectivity index (χ3v) is 4.00. The number of ether oxygens (including phenoxy) is 1. The van der Waals surface area contributed by atoms with Gasteiger partial charge < -0.3 is 15.2 Å². The molecular weight excluding hydrogens is 288 g/mol. The van der Waals surface area contributed by atoms with E-state index >= 15 is 0 Å². The van der Waals surface area contributed by atoms with Gasteiger partial charge >= 0.3 is 0 Å². The topological polar surface area (TPSA) is 71.5 Å². The lowest BCUT2D eigenvalue weighted by molar-refractivity contribution is 0.0851. The first kappa shape index (κ1) is 15.5. The lowest BCUT2D eigenvalue weighted by Gasteiger charge is -2.20. The van der Waals surface area contributed by atoms with E-state index in [1.54, 1.807) is 50.6 Å². The predicted molar refractivity (Wildman–Crippen MR) is 81.7 cm³/mol. The van der Waals surface area contributed by atoms with E-state index in [0.29, 0.717) is 11.3 Å². The van der Waals surface area contributed by atoms with Crippen molar-refractivity contribution >= 4 is 17.4 Å². The van der Waals surface area contributed by atoms with Crippen LogP contribution in [-0.2, 0) is 0 Å². The van der Waals surface area contributed by atoms with Crippen LogP contribution in [0.25, 0.3) is 0 Å². The van der Waals surface area contributed by atoms with E-state index in [9.17, 15) is 9.90 Å². The smallest absolute Gasteiger partial charge is 0.254 e. The van der Waals surface area contributed by atoms with Crippen molar-refractivity contribution < 1.29 is 14.6 Å². The lowest BCUT2D eigenvalue weighted by atomic mass is 10.0. The molecule has 0 spiro atoms. The SMILES string of the molecule is COc1ccc(C(O)C(C)NC(=O)c2csnc2C)cc1. The first-order valence-corrected chi connectivity index (χ1v) is 7.40. The standard InChI is InChI=1S/C15H18N2O3S/c1-9-13(8-21-17-9)15(19)16-10(2)14(18)11-4-6-12(20-3)7-5-11/h4-8,10,14,18H,1-3H3,(H,16,19). The van der Waals surface area contributed by atoms with E-state index in [4.69, 9.17) is 4.74 Å². The van der Waals surface area contributed by atoms with E-state index in [0.717, 1.165) is 11.3 Å². The maximum absolute atomic E-state index is 12.1. The molecule has 0 radical (unpaired) electrons. The third-order valence-electron chi connectivity index (χ3n) is 3.28. The zero-order chi connectivity index (χ0) is 15.4. The Morgan fingerprint density at radius 3 is 2.57 bits per heavy atom. The van der Waals surface area contributed by atoms with Crippen LogP contribution in [0.5, 0.6) is 5.75 Å². The maximum Gasteiger partial charge on any atom is 0.254 e. The fraction of sp³-hybridized carbons (Fsp3) is 0.333. The molecule has 2 rings (SSSR count). The molecule has 112 valence electrons. The second-order valence-electron chi connectivity index (χ2n) is 4.79. The number of nitrogens with one attached hydrogen (secondary N) is 1. The minimum atomic E-state index is -0.785. The average Bonchev–Trinajstić information content (AvgIpc) is 2.92. The van der Waals surface area contributed by atoms with Crippen molar-refractivity contribution in [2.24, 2.45) is 0 Å². The highest BCUT2D eigenvalue weighted by molar-refractivity contribution is 7.03. The largest absolute Gasteiger partial charge is 0.497 e. The maximum atomic E-state index is 12.1. The number of amides is 1. The summed E-state index contributed by atoms with van der Waals surface area (Å²) in [5, 5.41) is 14.8. The van der Waals surface area contributed by atoms with Crippen LogP contribution in [-0.4, -0.2) is 28.5 Å². The van der Waals surface area contributed by atoms with E-state index in [1.165, 1.54) is 11.5 Å². The quantitative estimate of drug-likeness (QED) is 0.889. The molecule has 0 fully saturated rings. The highest BCUT2D eigenvalue weighted by atomic mass is 32.1. The third kappa shape index (κ3) is 3.59. The van der Waals surface area contributed by atoms with Crippen LogP contribution in [0.15, 0.2) is 29.6 Å². The van der Waals surface area contributed by atoms with Crippen molar-refractivity contribution in [3.8, 4) is 5.75 Å². The number of carbonyl (C=O) groups excluding carboxylic acids is 1. The first-order chi connectivity index (χ1) is 10.0. The molecule has 2 unspecified atom stereocenters. The van der Waals surface area contributed by atoms with Gasteiger partial charge in [-0.1, -0.05) is 12.1 Å². The van der Waals surface area contributed by atoms with Crippen molar-refractivity contribution in [3.63, 3.8) is 0 Å². The van der Waals surface area contributed by atoms with E-state index in [2.05, 4.69) is 9.69 Å². The number of hydrogen-bond donors (Lipinski definition) is 2. The number of aromatic nitrogens is 1. The summed E-state index contributed by atoms with van der Waals surface area (Å²) in [5.41, 5.74) is 1.97. The van der Waals surface area contributed by atoms with Gasteiger partial charge in [-0.15, -0.1) is 0 Å². The monoisotopic (exact) mass is 306 g/mol. The molecular formula is C15H18N2O3S. The predicted octanol–water partition coefficient (Wildman–Crippen LogP) is 2.31. The number of hydrogen-bond acceptors (Lipinski definition) is 5. The Balaban J connectivity index is 2.03. The van der Waals surface area contributed by atoms with Crippen molar-refractivity contribution in [1.82, 2.24) is 9.69 Å². The summed E-state index contributed by atoms with van der Waals surface area (Å²) in [6.07, 6.45) is -0.785. The summed E-state index contributed by atoms with van der Waals surface area (Å²) >= 11 is 1.24. The Labute approximate surface area is 127 Å². The molecule has 0 saturated carbocycles. The Morgan fingerprint density at radius 2 is 2.05 bits per heavy atom. The van der Waals surface area contributed by atoms with Gasteiger partial charge in [-0.3, -0.25) is 4.79 Å². The number of aryl methyl sites for hydroxylation is 1. The van der Waals surface area contributed by atoms with Gasteiger partial charge in [0.15, 0.2) is 0 Å². The highest BCUT2D eigenvalue weighted by Gasteiger charge is 2.20. The Kier molecular flexibility index (Phi) is 4.93. The van der Waals surface area contributed by atoms with Gasteiger partial charge in [0, 0.05) is 5.38 Å². The number of benzene rings is 1. The van der Waals surface area contributed by atoms with Crippen molar-refractivity contribution in [2.45, 2.75) is 26.0 Å². The number of rotatable bonds is 5. The molecule has 21 heavy (non-hydrogen) atoms. The molecule has 1 aromatic carbocycles. The van der Waals surface area contributed by atoms with Gasteiger partial charge in [0.1, 0.15) is 5.75 Å². The molecule has 1 amide bonds. The van der Waals surface area contributed by atoms with E-state index < -0.39 is 12.1 Å². The summed E-state index contributed by atoms with van der Waals surface area (Å²) in [6, 6.07) is 6.71. The number of carbonyl (C=O) groups is 1. The lowest BCUT2D eigenvalue weighted by Crippen LogP contribution is -2.37. The molecule has 0 bridgehead atoms. The van der Waals surface area contributed by atoms with Gasteiger partial charge in [-0.25, -0.2) is 0 Å². The van der Waals surface area contributed by atoms with Crippen LogP contribution in [0.4, 0.5) is 0 Å². The zero-order valence-corrected chi connectivity index (χ0v) is 13.0. The number of aliphatic hydroxyl groups excluding tert-OH is 1. The molecule has 1 heterocycles. The molecule has 0 saturated heterocycles. The molecule has 2 N–H and O–H groups in total. The Bertz CT molecular complexity index is 610. The summed E-state index contributed by atoms with van der Waals surface area (Å²) in [4.78, 5) is 12.1. The molecule has 1 aromatic heterocycles. The second kappa shape index (κ2) is 6.69. The fourth-order valence-corrected chi connectivity index (χ4v) is 2.66. The molecule has 0 aliphatic rings. The number of nitrogens with zero attached hydrogens (tertiary/aromatic N) is 1. The number of methoxy groups -OCH3 is 1. The molecule has 2 atom stereocenters. The van der Waals surface area contributed by atoms with Crippen LogP contribution >= 0.6 is 11.5 Å². The number of aliphatic hydroxyl groups is 1. The molecule has 0 aliphatic carbocycles. The van der Waals surface area contributed by atoms with Crippen LogP contribution in [0.1, 0.15) is 34.6 Å². The summed E-state index contributed by atoms with van der Waals surface area (Å²) in [7, 11) is 1.59. The zero-order valence-electron chi connectivity index (χ0n) is 12.2. The van der Waals surface area contributed by atoms with Gasteiger partial charge in [0.25, 0.3) is 5.91 Å². The summed E-state index contributed by atoms with van der Waals surface area (Å²) in [5.74, 6) is 0.504. The Morgan fingerprint density at radius 1 is 1.38 bits per heavy atom.